The Hall–Kier alpha value is -0.610. The molecule has 0 bridgehead atoms. The molecule has 0 radical (unpaired) electrons. The van der Waals surface area contributed by atoms with Gasteiger partial charge in [0.1, 0.15) is 0 Å². The van der Waals surface area contributed by atoms with E-state index in [4.69, 9.17) is 10.5 Å². The number of hydrogen-bond donors (Lipinski definition) is 1. The third-order valence-corrected chi connectivity index (χ3v) is 3.99. The van der Waals surface area contributed by atoms with Gasteiger partial charge in [0.2, 0.25) is 5.91 Å². The minimum Gasteiger partial charge on any atom is -0.383 e. The molecule has 1 aliphatic rings. The highest BCUT2D eigenvalue weighted by atomic mass is 16.5. The van der Waals surface area contributed by atoms with E-state index in [9.17, 15) is 4.79 Å². The molecule has 4 nitrogen and oxygen atoms in total. The first-order chi connectivity index (χ1) is 8.52. The van der Waals surface area contributed by atoms with Crippen LogP contribution in [0.15, 0.2) is 0 Å². The van der Waals surface area contributed by atoms with E-state index >= 15 is 0 Å². The number of hydrogen-bond acceptors (Lipinski definition) is 3. The Balaban J connectivity index is 2.70. The van der Waals surface area contributed by atoms with Gasteiger partial charge in [0.25, 0.3) is 0 Å². The second-order valence-corrected chi connectivity index (χ2v) is 5.69. The molecule has 1 saturated carbocycles. The van der Waals surface area contributed by atoms with Crippen LogP contribution < -0.4 is 5.73 Å². The van der Waals surface area contributed by atoms with Crippen molar-refractivity contribution in [2.24, 2.45) is 23.5 Å². The summed E-state index contributed by atoms with van der Waals surface area (Å²) in [4.78, 5) is 14.6. The number of carbonyl (C=O) groups is 1. The zero-order valence-electron chi connectivity index (χ0n) is 12.2. The number of nitrogens with two attached hydrogens (primary N) is 1. The second-order valence-electron chi connectivity index (χ2n) is 5.69. The third-order valence-electron chi connectivity index (χ3n) is 3.99. The molecule has 1 aliphatic carbocycles. The Morgan fingerprint density at radius 1 is 1.39 bits per heavy atom. The number of carbonyl (C=O) groups excluding carboxylic acids is 1. The maximum absolute atomic E-state index is 12.6. The lowest BCUT2D eigenvalue weighted by Crippen LogP contribution is -2.47. The minimum atomic E-state index is -0.0666. The number of methoxy groups -OCH3 is 1. The maximum Gasteiger partial charge on any atom is 0.227 e. The summed E-state index contributed by atoms with van der Waals surface area (Å²) in [6, 6.07) is 0.320. The van der Waals surface area contributed by atoms with Crippen molar-refractivity contribution in [2.45, 2.75) is 39.7 Å². The van der Waals surface area contributed by atoms with Crippen LogP contribution in [0.2, 0.25) is 0 Å². The third kappa shape index (κ3) is 3.95. The summed E-state index contributed by atoms with van der Waals surface area (Å²) in [5, 5.41) is 0. The van der Waals surface area contributed by atoms with E-state index < -0.39 is 0 Å². The van der Waals surface area contributed by atoms with E-state index in [-0.39, 0.29) is 11.8 Å². The van der Waals surface area contributed by atoms with Crippen LogP contribution in [0.25, 0.3) is 0 Å². The van der Waals surface area contributed by atoms with Crippen molar-refractivity contribution in [1.29, 1.82) is 0 Å². The summed E-state index contributed by atoms with van der Waals surface area (Å²) in [6.07, 6.45) is 2.49. The highest BCUT2D eigenvalue weighted by Crippen LogP contribution is 2.35. The Kier molecular flexibility index (Phi) is 6.09. The van der Waals surface area contributed by atoms with Crippen LogP contribution in [-0.4, -0.2) is 43.7 Å². The first-order valence-corrected chi connectivity index (χ1v) is 7.02. The van der Waals surface area contributed by atoms with E-state index in [0.29, 0.717) is 37.6 Å². The van der Waals surface area contributed by atoms with Gasteiger partial charge in [-0.15, -0.1) is 0 Å². The van der Waals surface area contributed by atoms with Crippen molar-refractivity contribution in [3.8, 4) is 0 Å². The lowest BCUT2D eigenvalue weighted by Gasteiger charge is -2.33. The fourth-order valence-electron chi connectivity index (χ4n) is 2.41. The van der Waals surface area contributed by atoms with Crippen LogP contribution in [0.4, 0.5) is 0 Å². The average molecular weight is 256 g/mol. The summed E-state index contributed by atoms with van der Waals surface area (Å²) in [5.41, 5.74) is 5.75. The summed E-state index contributed by atoms with van der Waals surface area (Å²) < 4.78 is 5.12. The second kappa shape index (κ2) is 7.10. The molecule has 2 unspecified atom stereocenters. The zero-order valence-corrected chi connectivity index (χ0v) is 12.2. The molecule has 1 fully saturated rings. The van der Waals surface area contributed by atoms with Crippen LogP contribution in [-0.2, 0) is 9.53 Å². The van der Waals surface area contributed by atoms with Gasteiger partial charge in [-0.2, -0.15) is 0 Å². The molecule has 0 aromatic heterocycles. The van der Waals surface area contributed by atoms with Crippen molar-refractivity contribution in [3.63, 3.8) is 0 Å². The molecule has 2 N–H and O–H groups in total. The summed E-state index contributed by atoms with van der Waals surface area (Å²) in [7, 11) is 1.67. The highest BCUT2D eigenvalue weighted by molar-refractivity contribution is 5.79. The van der Waals surface area contributed by atoms with Crippen LogP contribution in [0.3, 0.4) is 0 Å². The van der Waals surface area contributed by atoms with Gasteiger partial charge in [-0.25, -0.2) is 0 Å². The molecule has 2 atom stereocenters. The van der Waals surface area contributed by atoms with Crippen LogP contribution >= 0.6 is 0 Å². The molecule has 0 aromatic carbocycles. The largest absolute Gasteiger partial charge is 0.383 e. The zero-order chi connectivity index (χ0) is 13.7. The predicted molar refractivity (Wildman–Crippen MR) is 73.2 cm³/mol. The fourth-order valence-corrected chi connectivity index (χ4v) is 2.41. The summed E-state index contributed by atoms with van der Waals surface area (Å²) in [5.74, 6) is 1.10. The van der Waals surface area contributed by atoms with Crippen molar-refractivity contribution >= 4 is 5.91 Å². The summed E-state index contributed by atoms with van der Waals surface area (Å²) in [6.45, 7) is 7.97. The molecule has 4 heteroatoms. The molecule has 0 spiro atoms. The van der Waals surface area contributed by atoms with Gasteiger partial charge in [-0.05, 0) is 31.6 Å². The van der Waals surface area contributed by atoms with Gasteiger partial charge < -0.3 is 15.4 Å². The minimum absolute atomic E-state index is 0.0666. The fraction of sp³-hybridized carbons (Fsp3) is 0.929. The van der Waals surface area contributed by atoms with Gasteiger partial charge in [0, 0.05) is 26.2 Å². The normalized spacial score (nSPS) is 18.8. The van der Waals surface area contributed by atoms with Crippen LogP contribution in [0, 0.1) is 17.8 Å². The topological polar surface area (TPSA) is 55.6 Å². The molecule has 0 heterocycles. The van der Waals surface area contributed by atoms with Crippen LogP contribution in [0.1, 0.15) is 33.6 Å². The summed E-state index contributed by atoms with van der Waals surface area (Å²) >= 11 is 0. The van der Waals surface area contributed by atoms with E-state index in [2.05, 4.69) is 20.8 Å². The molecular formula is C14H28N2O2. The lowest BCUT2D eigenvalue weighted by atomic mass is 9.93. The SMILES string of the molecule is COCCN(C(=O)C(CN)C(C)C)C(C)C1CC1. The first-order valence-electron chi connectivity index (χ1n) is 7.02. The van der Waals surface area contributed by atoms with E-state index in [1.165, 1.54) is 12.8 Å². The maximum atomic E-state index is 12.6. The van der Waals surface area contributed by atoms with Crippen LogP contribution in [0.5, 0.6) is 0 Å². The van der Waals surface area contributed by atoms with E-state index in [1.54, 1.807) is 7.11 Å². The first kappa shape index (κ1) is 15.4. The van der Waals surface area contributed by atoms with Gasteiger partial charge in [0.15, 0.2) is 0 Å². The van der Waals surface area contributed by atoms with Gasteiger partial charge >= 0.3 is 0 Å². The molecule has 1 amide bonds. The van der Waals surface area contributed by atoms with E-state index in [0.717, 1.165) is 0 Å². The monoisotopic (exact) mass is 256 g/mol. The number of amides is 1. The van der Waals surface area contributed by atoms with E-state index in [1.807, 2.05) is 4.90 Å². The van der Waals surface area contributed by atoms with Crippen molar-refractivity contribution in [3.05, 3.63) is 0 Å². The molecule has 106 valence electrons. The smallest absolute Gasteiger partial charge is 0.227 e. The predicted octanol–water partition coefficient (Wildman–Crippen LogP) is 1.49. The van der Waals surface area contributed by atoms with Crippen molar-refractivity contribution in [1.82, 2.24) is 4.90 Å². The Morgan fingerprint density at radius 3 is 2.39 bits per heavy atom. The number of ether oxygens (including phenoxy) is 1. The quantitative estimate of drug-likeness (QED) is 0.716. The molecule has 0 aromatic rings. The molecule has 0 aliphatic heterocycles. The average Bonchev–Trinajstić information content (AvgIpc) is 3.13. The molecule has 18 heavy (non-hydrogen) atoms. The standard InChI is InChI=1S/C14H28N2O2/c1-10(2)13(9-15)14(17)16(7-8-18-4)11(3)12-5-6-12/h10-13H,5-9,15H2,1-4H3. The van der Waals surface area contributed by atoms with Gasteiger partial charge in [0.05, 0.1) is 12.5 Å². The van der Waals surface area contributed by atoms with Gasteiger partial charge in [-0.3, -0.25) is 4.79 Å². The lowest BCUT2D eigenvalue weighted by molar-refractivity contribution is -0.139. The van der Waals surface area contributed by atoms with Gasteiger partial charge in [-0.1, -0.05) is 13.8 Å². The van der Waals surface area contributed by atoms with Crippen molar-refractivity contribution in [2.75, 3.05) is 26.8 Å². The molecule has 0 saturated heterocycles. The Labute approximate surface area is 111 Å². The highest BCUT2D eigenvalue weighted by Gasteiger charge is 2.36. The van der Waals surface area contributed by atoms with Crippen molar-refractivity contribution < 1.29 is 9.53 Å². The number of rotatable bonds is 8. The molecule has 1 rings (SSSR count). The molecular weight excluding hydrogens is 228 g/mol. The number of nitrogens with zero attached hydrogens (tertiary/aromatic N) is 1. The Bertz CT molecular complexity index is 265. The Morgan fingerprint density at radius 2 is 2.00 bits per heavy atom.